The first-order valence-electron chi connectivity index (χ1n) is 3.57. The average molecular weight is 269 g/mol. The molecule has 0 aliphatic carbocycles. The lowest BCUT2D eigenvalue weighted by Crippen LogP contribution is -2.16. The van der Waals surface area contributed by atoms with Crippen LogP contribution in [-0.2, 0) is 0 Å². The molecule has 0 spiro atoms. The predicted molar refractivity (Wildman–Crippen MR) is 53.1 cm³/mol. The quantitative estimate of drug-likeness (QED) is 0.808. The lowest BCUT2D eigenvalue weighted by molar-refractivity contribution is 0.265. The molecule has 0 saturated heterocycles. The van der Waals surface area contributed by atoms with E-state index in [4.69, 9.17) is 22.4 Å². The van der Waals surface area contributed by atoms with Crippen LogP contribution in [0.2, 0.25) is 5.02 Å². The van der Waals surface area contributed by atoms with Gasteiger partial charge in [0.15, 0.2) is 0 Å². The summed E-state index contributed by atoms with van der Waals surface area (Å²) in [4.78, 5) is 0. The average Bonchev–Trinajstić information content (AvgIpc) is 2.12. The summed E-state index contributed by atoms with van der Waals surface area (Å²) in [5.74, 6) is -0.586. The molecule has 0 amide bonds. The largest absolute Gasteiger partial charge is 0.394 e. The number of nitrogens with two attached hydrogens (primary N) is 1. The molecule has 0 saturated carbocycles. The molecule has 0 fully saturated rings. The number of aliphatic hydroxyl groups excluding tert-OH is 1. The molecular weight excluding hydrogens is 260 g/mol. The zero-order chi connectivity index (χ0) is 10.0. The zero-order valence-corrected chi connectivity index (χ0v) is 8.94. The van der Waals surface area contributed by atoms with E-state index in [0.717, 1.165) is 0 Å². The molecule has 0 aliphatic rings. The third-order valence-corrected chi connectivity index (χ3v) is 2.63. The zero-order valence-electron chi connectivity index (χ0n) is 6.60. The normalized spacial score (nSPS) is 13.0. The van der Waals surface area contributed by atoms with E-state index in [2.05, 4.69) is 15.9 Å². The van der Waals surface area contributed by atoms with Crippen molar-refractivity contribution in [2.45, 2.75) is 6.04 Å². The first-order chi connectivity index (χ1) is 6.07. The minimum atomic E-state index is -0.756. The van der Waals surface area contributed by atoms with Crippen molar-refractivity contribution in [1.82, 2.24) is 0 Å². The van der Waals surface area contributed by atoms with Gasteiger partial charge in [0.25, 0.3) is 0 Å². The standard InChI is InChI=1S/C8H8BrClFNO/c9-4-1-2-5(10)8(11)7(4)6(12)3-13/h1-2,6,13H,3,12H2/t6-/m0/s1. The van der Waals surface area contributed by atoms with E-state index in [1.54, 1.807) is 6.07 Å². The van der Waals surface area contributed by atoms with Crippen molar-refractivity contribution in [3.8, 4) is 0 Å². The van der Waals surface area contributed by atoms with Gasteiger partial charge in [-0.15, -0.1) is 0 Å². The Labute approximate surface area is 88.6 Å². The Morgan fingerprint density at radius 3 is 2.77 bits per heavy atom. The van der Waals surface area contributed by atoms with Crippen LogP contribution in [0.15, 0.2) is 16.6 Å². The maximum atomic E-state index is 13.3. The first-order valence-corrected chi connectivity index (χ1v) is 4.75. The van der Waals surface area contributed by atoms with Crippen molar-refractivity contribution in [2.75, 3.05) is 6.61 Å². The Bertz CT molecular complexity index is 321. The van der Waals surface area contributed by atoms with Crippen LogP contribution in [0.5, 0.6) is 0 Å². The van der Waals surface area contributed by atoms with Gasteiger partial charge in [-0.2, -0.15) is 0 Å². The number of hydrogen-bond donors (Lipinski definition) is 2. The van der Waals surface area contributed by atoms with Crippen molar-refractivity contribution < 1.29 is 9.50 Å². The summed E-state index contributed by atoms with van der Waals surface area (Å²) in [5, 5.41) is 8.77. The van der Waals surface area contributed by atoms with Crippen LogP contribution in [-0.4, -0.2) is 11.7 Å². The second kappa shape index (κ2) is 4.37. The van der Waals surface area contributed by atoms with Gasteiger partial charge in [0.1, 0.15) is 5.82 Å². The second-order valence-corrected chi connectivity index (χ2v) is 3.81. The van der Waals surface area contributed by atoms with Gasteiger partial charge in [-0.1, -0.05) is 27.5 Å². The number of benzene rings is 1. The fraction of sp³-hybridized carbons (Fsp3) is 0.250. The Balaban J connectivity index is 3.25. The van der Waals surface area contributed by atoms with Crippen molar-refractivity contribution >= 4 is 27.5 Å². The van der Waals surface area contributed by atoms with E-state index in [-0.39, 0.29) is 17.2 Å². The smallest absolute Gasteiger partial charge is 0.147 e. The molecule has 13 heavy (non-hydrogen) atoms. The summed E-state index contributed by atoms with van der Waals surface area (Å²) in [6.07, 6.45) is 0. The fourth-order valence-electron chi connectivity index (χ4n) is 0.974. The van der Waals surface area contributed by atoms with Crippen molar-refractivity contribution in [3.05, 3.63) is 33.0 Å². The molecule has 0 aliphatic heterocycles. The maximum Gasteiger partial charge on any atom is 0.147 e. The summed E-state index contributed by atoms with van der Waals surface area (Å²) >= 11 is 8.69. The van der Waals surface area contributed by atoms with Crippen molar-refractivity contribution in [1.29, 1.82) is 0 Å². The highest BCUT2D eigenvalue weighted by Gasteiger charge is 2.16. The Kier molecular flexibility index (Phi) is 3.67. The highest BCUT2D eigenvalue weighted by Crippen LogP contribution is 2.29. The van der Waals surface area contributed by atoms with E-state index in [0.29, 0.717) is 4.47 Å². The van der Waals surface area contributed by atoms with E-state index in [1.807, 2.05) is 0 Å². The van der Waals surface area contributed by atoms with Gasteiger partial charge in [0.2, 0.25) is 0 Å². The van der Waals surface area contributed by atoms with E-state index in [1.165, 1.54) is 6.07 Å². The van der Waals surface area contributed by atoms with Crippen LogP contribution >= 0.6 is 27.5 Å². The van der Waals surface area contributed by atoms with Gasteiger partial charge in [-0.3, -0.25) is 0 Å². The number of halogens is 3. The SMILES string of the molecule is N[C@@H](CO)c1c(Br)ccc(Cl)c1F. The van der Waals surface area contributed by atoms with Crippen LogP contribution in [0, 0.1) is 5.82 Å². The molecule has 1 atom stereocenters. The lowest BCUT2D eigenvalue weighted by atomic mass is 10.1. The monoisotopic (exact) mass is 267 g/mol. The topological polar surface area (TPSA) is 46.2 Å². The lowest BCUT2D eigenvalue weighted by Gasteiger charge is -2.12. The summed E-state index contributed by atoms with van der Waals surface area (Å²) in [6, 6.07) is 2.26. The minimum absolute atomic E-state index is 0.00194. The van der Waals surface area contributed by atoms with Crippen LogP contribution in [0.1, 0.15) is 11.6 Å². The third-order valence-electron chi connectivity index (χ3n) is 1.65. The van der Waals surface area contributed by atoms with Crippen LogP contribution < -0.4 is 5.73 Å². The number of hydrogen-bond acceptors (Lipinski definition) is 2. The second-order valence-electron chi connectivity index (χ2n) is 2.55. The van der Waals surface area contributed by atoms with Crippen molar-refractivity contribution in [2.24, 2.45) is 5.73 Å². The van der Waals surface area contributed by atoms with E-state index >= 15 is 0 Å². The molecule has 1 rings (SSSR count). The van der Waals surface area contributed by atoms with E-state index < -0.39 is 11.9 Å². The van der Waals surface area contributed by atoms with Gasteiger partial charge >= 0.3 is 0 Å². The molecule has 3 N–H and O–H groups in total. The number of rotatable bonds is 2. The van der Waals surface area contributed by atoms with Crippen LogP contribution in [0.3, 0.4) is 0 Å². The molecule has 0 aromatic heterocycles. The molecule has 0 bridgehead atoms. The molecule has 0 radical (unpaired) electrons. The molecule has 1 aromatic rings. The molecule has 72 valence electrons. The molecule has 2 nitrogen and oxygen atoms in total. The fourth-order valence-corrected chi connectivity index (χ4v) is 1.74. The molecule has 0 unspecified atom stereocenters. The first kappa shape index (κ1) is 10.9. The van der Waals surface area contributed by atoms with Gasteiger partial charge in [0, 0.05) is 10.0 Å². The van der Waals surface area contributed by atoms with Crippen LogP contribution in [0.25, 0.3) is 0 Å². The predicted octanol–water partition coefficient (Wildman–Crippen LogP) is 2.23. The summed E-state index contributed by atoms with van der Waals surface area (Å²) in [6.45, 7) is -0.324. The van der Waals surface area contributed by atoms with Gasteiger partial charge in [-0.05, 0) is 12.1 Å². The summed E-state index contributed by atoms with van der Waals surface area (Å²) in [5.41, 5.74) is 5.69. The Morgan fingerprint density at radius 1 is 1.62 bits per heavy atom. The Morgan fingerprint density at radius 2 is 2.23 bits per heavy atom. The minimum Gasteiger partial charge on any atom is -0.394 e. The molecule has 1 aromatic carbocycles. The maximum absolute atomic E-state index is 13.3. The molecular formula is C8H8BrClFNO. The van der Waals surface area contributed by atoms with Gasteiger partial charge in [-0.25, -0.2) is 4.39 Å². The van der Waals surface area contributed by atoms with Gasteiger partial charge < -0.3 is 10.8 Å². The number of aliphatic hydroxyl groups is 1. The van der Waals surface area contributed by atoms with Gasteiger partial charge in [0.05, 0.1) is 17.7 Å². The summed E-state index contributed by atoms with van der Waals surface area (Å²) < 4.78 is 13.9. The summed E-state index contributed by atoms with van der Waals surface area (Å²) in [7, 11) is 0. The van der Waals surface area contributed by atoms with Crippen molar-refractivity contribution in [3.63, 3.8) is 0 Å². The third kappa shape index (κ3) is 2.20. The molecule has 0 heterocycles. The van der Waals surface area contributed by atoms with E-state index in [9.17, 15) is 4.39 Å². The highest BCUT2D eigenvalue weighted by atomic mass is 79.9. The molecule has 5 heteroatoms. The van der Waals surface area contributed by atoms with Crippen LogP contribution in [0.4, 0.5) is 4.39 Å². The highest BCUT2D eigenvalue weighted by molar-refractivity contribution is 9.10. The Hall–Kier alpha value is -0.160.